The van der Waals surface area contributed by atoms with Crippen LogP contribution >= 0.6 is 0 Å². The van der Waals surface area contributed by atoms with Crippen LogP contribution in [-0.4, -0.2) is 117 Å². The van der Waals surface area contributed by atoms with Crippen LogP contribution in [0.2, 0.25) is 0 Å². The van der Waals surface area contributed by atoms with E-state index in [4.69, 9.17) is 17.2 Å². The van der Waals surface area contributed by atoms with Crippen LogP contribution in [-0.2, 0) is 60.8 Å². The normalized spacial score (nSPS) is 14.5. The number of aromatic amines is 1. The van der Waals surface area contributed by atoms with Gasteiger partial charge in [0, 0.05) is 75.2 Å². The Bertz CT molecular complexity index is 2340. The number of guanidine groups is 1. The molecule has 12 N–H and O–H groups in total. The van der Waals surface area contributed by atoms with Gasteiger partial charge < -0.3 is 48.6 Å². The number of hydrogen-bond acceptors (Lipinski definition) is 13. The maximum Gasteiger partial charge on any atom is 0.226 e. The van der Waals surface area contributed by atoms with Crippen LogP contribution < -0.4 is 38.5 Å². The number of benzene rings is 1. The van der Waals surface area contributed by atoms with Crippen LogP contribution in [0.4, 0.5) is 0 Å². The van der Waals surface area contributed by atoms with E-state index in [0.29, 0.717) is 31.4 Å². The van der Waals surface area contributed by atoms with Crippen LogP contribution in [0.5, 0.6) is 0 Å². The van der Waals surface area contributed by atoms with Gasteiger partial charge in [-0.25, -0.2) is 4.98 Å². The highest BCUT2D eigenvalue weighted by molar-refractivity contribution is 5.97. The summed E-state index contributed by atoms with van der Waals surface area (Å²) in [5.41, 5.74) is 17.6. The molecule has 1 aromatic heterocycles. The number of hydrogen-bond donors (Lipinski definition) is 9. The van der Waals surface area contributed by atoms with Gasteiger partial charge >= 0.3 is 0 Å². The molecule has 21 nitrogen and oxygen atoms in total. The molecule has 2 aromatic rings. The number of nitrogens with zero attached hydrogens (tertiary/aromatic N) is 2. The van der Waals surface area contributed by atoms with Gasteiger partial charge in [0.05, 0.1) is 48.9 Å². The third kappa shape index (κ3) is 31.0. The first-order valence-corrected chi connectivity index (χ1v) is 30.4. The molecule has 5 amide bonds. The van der Waals surface area contributed by atoms with Gasteiger partial charge in [0.2, 0.25) is 29.5 Å². The number of aliphatic hydroxyl groups is 1. The molecule has 0 spiro atoms. The predicted octanol–water partition coefficient (Wildman–Crippen LogP) is 5.90. The molecule has 0 aliphatic rings. The number of aliphatic imine (C=N–C) groups is 1. The second kappa shape index (κ2) is 41.4. The zero-order chi connectivity index (χ0) is 61.7. The van der Waals surface area contributed by atoms with Crippen LogP contribution in [0.3, 0.4) is 0 Å². The summed E-state index contributed by atoms with van der Waals surface area (Å²) in [7, 11) is 0. The molecule has 1 aromatic carbocycles. The Morgan fingerprint density at radius 3 is 1.81 bits per heavy atom. The Morgan fingerprint density at radius 2 is 1.25 bits per heavy atom. The third-order valence-corrected chi connectivity index (χ3v) is 15.4. The number of Topliss-reactive ketones (excluding diaryl/α,β-unsaturated/α-hetero) is 5. The fourth-order valence-corrected chi connectivity index (χ4v) is 9.96. The first kappa shape index (κ1) is 72.5. The summed E-state index contributed by atoms with van der Waals surface area (Å²) in [4.78, 5) is 145. The monoisotopic (exact) mass is 1160 g/mol. The summed E-state index contributed by atoms with van der Waals surface area (Å²) in [5.74, 6) is -9.80. The third-order valence-electron chi connectivity index (χ3n) is 15.4. The number of unbranched alkanes of at least 4 members (excludes halogenated alkanes) is 12. The first-order chi connectivity index (χ1) is 39.6. The topological polar surface area (TPSA) is 358 Å². The van der Waals surface area contributed by atoms with E-state index in [-0.39, 0.29) is 81.3 Å². The fourth-order valence-electron chi connectivity index (χ4n) is 9.96. The van der Waals surface area contributed by atoms with Gasteiger partial charge in [0.1, 0.15) is 5.78 Å². The van der Waals surface area contributed by atoms with Gasteiger partial charge in [-0.05, 0) is 57.4 Å². The number of H-pyrrole nitrogens is 1. The molecule has 0 aliphatic heterocycles. The highest BCUT2D eigenvalue weighted by atomic mass is 16.3. The Balaban J connectivity index is 2.09. The minimum Gasteiger partial charge on any atom is -0.393 e. The molecule has 0 aliphatic carbocycles. The maximum atomic E-state index is 14.2. The van der Waals surface area contributed by atoms with Crippen molar-refractivity contribution in [3.8, 4) is 0 Å². The zero-order valence-corrected chi connectivity index (χ0v) is 50.5. The van der Waals surface area contributed by atoms with Crippen LogP contribution in [0.15, 0.2) is 47.8 Å². The molecule has 0 radical (unpaired) electrons. The molecular weight excluding hydrogens is 1060 g/mol. The van der Waals surface area contributed by atoms with Crippen molar-refractivity contribution in [3.05, 3.63) is 54.1 Å². The number of nitrogens with one attached hydrogen (secondary N) is 5. The summed E-state index contributed by atoms with van der Waals surface area (Å²) in [6.07, 6.45) is 16.3. The van der Waals surface area contributed by atoms with Crippen molar-refractivity contribution in [2.45, 2.75) is 226 Å². The quantitative estimate of drug-likeness (QED) is 0.0212. The number of aliphatic hydroxyl groups excluding tert-OH is 1. The fraction of sp³-hybridized carbons (Fsp3) is 0.677. The van der Waals surface area contributed by atoms with Crippen molar-refractivity contribution in [3.63, 3.8) is 0 Å². The number of rotatable bonds is 48. The van der Waals surface area contributed by atoms with E-state index in [0.717, 1.165) is 31.2 Å². The van der Waals surface area contributed by atoms with Crippen LogP contribution in [0.25, 0.3) is 0 Å². The lowest BCUT2D eigenvalue weighted by molar-refractivity contribution is -0.137. The molecule has 464 valence electrons. The molecule has 0 fully saturated rings. The zero-order valence-electron chi connectivity index (χ0n) is 50.5. The van der Waals surface area contributed by atoms with Gasteiger partial charge in [0.15, 0.2) is 29.1 Å². The van der Waals surface area contributed by atoms with Crippen LogP contribution in [0, 0.1) is 29.6 Å². The largest absolute Gasteiger partial charge is 0.393 e. The summed E-state index contributed by atoms with van der Waals surface area (Å²) in [6.45, 7) is 9.77. The molecule has 9 atom stereocenters. The van der Waals surface area contributed by atoms with Gasteiger partial charge in [0.25, 0.3) is 0 Å². The number of primary amides is 1. The minimum absolute atomic E-state index is 0.0301. The molecule has 0 bridgehead atoms. The highest BCUT2D eigenvalue weighted by Gasteiger charge is 2.36. The van der Waals surface area contributed by atoms with Crippen molar-refractivity contribution < 1.29 is 53.1 Å². The molecule has 2 rings (SSSR count). The smallest absolute Gasteiger partial charge is 0.226 e. The number of aromatic nitrogens is 2. The lowest BCUT2D eigenvalue weighted by atomic mass is 9.88. The second-order valence-electron chi connectivity index (χ2n) is 22.7. The molecule has 0 unspecified atom stereocenters. The summed E-state index contributed by atoms with van der Waals surface area (Å²) < 4.78 is 0. The van der Waals surface area contributed by atoms with Crippen molar-refractivity contribution >= 4 is 64.4 Å². The highest BCUT2D eigenvalue weighted by Crippen LogP contribution is 2.22. The molecule has 21 heteroatoms. The van der Waals surface area contributed by atoms with Gasteiger partial charge in [-0.2, -0.15) is 0 Å². The Morgan fingerprint density at radius 1 is 0.639 bits per heavy atom. The molecule has 0 saturated carbocycles. The summed E-state index contributed by atoms with van der Waals surface area (Å²) in [5, 5.41) is 21.7. The number of carbonyl (C=O) groups excluding carboxylic acids is 10. The first-order valence-electron chi connectivity index (χ1n) is 30.4. The van der Waals surface area contributed by atoms with E-state index in [1.807, 2.05) is 25.1 Å². The Kier molecular flexibility index (Phi) is 36.1. The van der Waals surface area contributed by atoms with E-state index in [9.17, 15) is 53.1 Å². The van der Waals surface area contributed by atoms with Gasteiger partial charge in [-0.3, -0.25) is 52.9 Å². The molecule has 1 heterocycles. The Labute approximate surface area is 492 Å². The minimum atomic E-state index is -1.36. The average molecular weight is 1160 g/mol. The van der Waals surface area contributed by atoms with Crippen molar-refractivity contribution in [1.29, 1.82) is 0 Å². The maximum absolute atomic E-state index is 14.2. The predicted molar refractivity (Wildman–Crippen MR) is 320 cm³/mol. The lowest BCUT2D eigenvalue weighted by Crippen LogP contribution is -2.51. The number of carbonyl (C=O) groups is 10. The summed E-state index contributed by atoms with van der Waals surface area (Å²) >= 11 is 0. The Hall–Kier alpha value is -6.64. The average Bonchev–Trinajstić information content (AvgIpc) is 4.03. The molecular formula is C62H100N10O11. The molecule has 0 saturated heterocycles. The van der Waals surface area contributed by atoms with E-state index >= 15 is 0 Å². The SMILES string of the molecule is CCCCCCCCCCCCCCCC(=O)N[C@@H](CCC(N)=O)C(=O)C[C@H](C(=O)N[C@H](C(=O)C[C@@H](C)C(=O)NCC(=O)C[C@@H](Cc1cnc[nH]1)C(=O)N[C@@H](Cc1ccccc1)C(=O)C[C@@H](CCCN=C(N)N)C(C)=O)[C@@H](C)CC)[C@@H](C)O. The van der Waals surface area contributed by atoms with Crippen molar-refractivity contribution in [2.75, 3.05) is 13.1 Å². The van der Waals surface area contributed by atoms with Gasteiger partial charge in [-0.15, -0.1) is 0 Å². The standard InChI is InChI=1S/C62H100N10O11/c1-7-9-10-11-12-13-14-15-16-17-18-19-23-28-57(80)70-51(29-30-56(63)79)54(77)37-50(44(6)74)61(83)72-58(41(3)8-2)55(78)32-42(4)59(81)68-39-49(75)35-47(34-48-38-66-40-69-48)60(82)71-52(33-45-25-21-20-22-26-45)53(76)36-46(43(5)73)27-24-31-67-62(64)65/h20-22,25-26,38,40-42,44,46-47,50-52,58,74H,7-19,23-24,27-37,39H2,1-6H3,(H2,63,79)(H,66,69)(H,68,81)(H,70,80)(H,71,82)(H,72,83)(H4,64,65,67)/t41-,42+,44+,46+,47+,50-,51-,52-,58-/m0/s1. The van der Waals surface area contributed by atoms with Crippen molar-refractivity contribution in [2.24, 2.45) is 51.8 Å². The summed E-state index contributed by atoms with van der Waals surface area (Å²) in [6, 6.07) is 5.70. The van der Waals surface area contributed by atoms with Gasteiger partial charge in [-0.1, -0.05) is 141 Å². The number of imidazole rings is 1. The van der Waals surface area contributed by atoms with Crippen LogP contribution in [0.1, 0.15) is 200 Å². The number of nitrogens with two attached hydrogens (primary N) is 3. The van der Waals surface area contributed by atoms with E-state index < -0.39 is 108 Å². The number of ketones is 5. The van der Waals surface area contributed by atoms with Crippen molar-refractivity contribution in [1.82, 2.24) is 31.2 Å². The van der Waals surface area contributed by atoms with E-state index in [1.54, 1.807) is 19.1 Å². The lowest BCUT2D eigenvalue weighted by Gasteiger charge is -2.28. The van der Waals surface area contributed by atoms with E-state index in [2.05, 4.69) is 43.2 Å². The number of amides is 5. The van der Waals surface area contributed by atoms with E-state index in [1.165, 1.54) is 84.7 Å². The second-order valence-corrected chi connectivity index (χ2v) is 22.7. The molecule has 83 heavy (non-hydrogen) atoms.